The van der Waals surface area contributed by atoms with Crippen LogP contribution in [0.3, 0.4) is 0 Å². The summed E-state index contributed by atoms with van der Waals surface area (Å²) < 4.78 is 33.5. The molecule has 37 heavy (non-hydrogen) atoms. The molecule has 2 aromatic heterocycles. The Bertz CT molecular complexity index is 1470. The van der Waals surface area contributed by atoms with Gasteiger partial charge in [0.2, 0.25) is 15.9 Å². The highest BCUT2D eigenvalue weighted by Gasteiger charge is 2.31. The monoisotopic (exact) mass is 528 g/mol. The van der Waals surface area contributed by atoms with Gasteiger partial charge in [-0.2, -0.15) is 0 Å². The number of aromatic amines is 1. The van der Waals surface area contributed by atoms with Gasteiger partial charge in [0.25, 0.3) is 5.56 Å². The number of carbonyl (C=O) groups excluding carboxylic acids is 1. The van der Waals surface area contributed by atoms with E-state index in [4.69, 9.17) is 4.74 Å². The van der Waals surface area contributed by atoms with Crippen LogP contribution >= 0.6 is 0 Å². The zero-order valence-corrected chi connectivity index (χ0v) is 22.9. The quantitative estimate of drug-likeness (QED) is 0.467. The minimum Gasteiger partial charge on any atom is -0.496 e. The van der Waals surface area contributed by atoms with Crippen molar-refractivity contribution in [2.24, 2.45) is 5.92 Å². The van der Waals surface area contributed by atoms with E-state index in [1.54, 1.807) is 17.3 Å². The van der Waals surface area contributed by atoms with Gasteiger partial charge >= 0.3 is 0 Å². The molecule has 4 rings (SSSR count). The van der Waals surface area contributed by atoms with Gasteiger partial charge < -0.3 is 19.6 Å². The van der Waals surface area contributed by atoms with E-state index < -0.39 is 10.0 Å². The van der Waals surface area contributed by atoms with E-state index in [0.717, 1.165) is 35.0 Å². The number of benzene rings is 1. The number of nitrogens with zero attached hydrogens (tertiary/aromatic N) is 2. The molecule has 2 N–H and O–H groups in total. The smallest absolute Gasteiger partial charge is 0.256 e. The van der Waals surface area contributed by atoms with Crippen molar-refractivity contribution in [2.45, 2.75) is 52.6 Å². The molecule has 1 aromatic carbocycles. The highest BCUT2D eigenvalue weighted by atomic mass is 32.2. The topological polar surface area (TPSA) is 114 Å². The minimum atomic E-state index is -3.24. The first-order chi connectivity index (χ1) is 17.5. The molecule has 2 atom stereocenters. The molecule has 1 saturated heterocycles. The second kappa shape index (κ2) is 10.7. The molecule has 10 heteroatoms. The molecule has 0 bridgehead atoms. The molecule has 9 nitrogen and oxygen atoms in total. The summed E-state index contributed by atoms with van der Waals surface area (Å²) in [6.07, 6.45) is 3.21. The van der Waals surface area contributed by atoms with Crippen LogP contribution in [0.4, 0.5) is 0 Å². The van der Waals surface area contributed by atoms with Gasteiger partial charge in [-0.3, -0.25) is 9.59 Å². The molecule has 0 aliphatic carbocycles. The fourth-order valence-electron chi connectivity index (χ4n) is 5.53. The lowest BCUT2D eigenvalue weighted by molar-refractivity contribution is -0.120. The number of piperidine rings is 1. The number of methoxy groups -OCH3 is 1. The van der Waals surface area contributed by atoms with E-state index in [1.165, 1.54) is 13.4 Å². The number of amides is 1. The van der Waals surface area contributed by atoms with Crippen molar-refractivity contribution in [1.29, 1.82) is 0 Å². The van der Waals surface area contributed by atoms with Crippen molar-refractivity contribution < 1.29 is 17.9 Å². The average molecular weight is 529 g/mol. The number of nitrogens with one attached hydrogen (secondary N) is 2. The predicted octanol–water partition coefficient (Wildman–Crippen LogP) is 3.05. The summed E-state index contributed by atoms with van der Waals surface area (Å²) in [6, 6.07) is 9.80. The molecule has 3 aromatic rings. The number of aryl methyl sites for hydroxylation is 1. The number of H-pyrrole nitrogens is 1. The number of carbonyl (C=O) groups is 1. The molecular formula is C27H36N4O5S. The summed E-state index contributed by atoms with van der Waals surface area (Å²) in [5, 5.41) is 3.88. The molecule has 200 valence electrons. The summed E-state index contributed by atoms with van der Waals surface area (Å²) in [7, 11) is -1.74. The van der Waals surface area contributed by atoms with Crippen molar-refractivity contribution in [3.8, 4) is 5.75 Å². The van der Waals surface area contributed by atoms with Crippen LogP contribution in [-0.4, -0.2) is 54.6 Å². The van der Waals surface area contributed by atoms with Gasteiger partial charge in [-0.05, 0) is 57.2 Å². The van der Waals surface area contributed by atoms with E-state index in [-0.39, 0.29) is 36.4 Å². The van der Waals surface area contributed by atoms with Crippen molar-refractivity contribution in [1.82, 2.24) is 19.2 Å². The fraction of sp³-hybridized carbons (Fsp3) is 0.481. The highest BCUT2D eigenvalue weighted by Crippen LogP contribution is 2.35. The minimum absolute atomic E-state index is 0.0571. The number of fused-ring (bicyclic) bond motifs is 1. The zero-order valence-electron chi connectivity index (χ0n) is 22.1. The molecular weight excluding hydrogens is 492 g/mol. The Kier molecular flexibility index (Phi) is 7.80. The van der Waals surface area contributed by atoms with E-state index in [1.807, 2.05) is 31.2 Å². The standard InChI is InChI=1S/C27H36N4O5S/c1-17-13-25(36-4)23(27(33)29-17)15-28-26(32)14-22-19(3)31(24-11-7-6-10-21(22)24)18(2)20-9-8-12-30(16-20)37(5,34)35/h6-7,10-11,13,18,20H,8-9,12,14-16H2,1-5H3,(H,28,32)(H,29,33). The lowest BCUT2D eigenvalue weighted by atomic mass is 9.92. The highest BCUT2D eigenvalue weighted by molar-refractivity contribution is 7.88. The molecule has 1 aliphatic rings. The summed E-state index contributed by atoms with van der Waals surface area (Å²) in [5.74, 6) is 0.417. The van der Waals surface area contributed by atoms with Gasteiger partial charge in [0.1, 0.15) is 5.75 Å². The van der Waals surface area contributed by atoms with E-state index in [9.17, 15) is 18.0 Å². The largest absolute Gasteiger partial charge is 0.496 e. The van der Waals surface area contributed by atoms with Crippen molar-refractivity contribution >= 4 is 26.8 Å². The van der Waals surface area contributed by atoms with Gasteiger partial charge in [0, 0.05) is 41.4 Å². The normalized spacial score (nSPS) is 17.6. The van der Waals surface area contributed by atoms with Crippen LogP contribution in [0.15, 0.2) is 35.1 Å². The first kappa shape index (κ1) is 26.9. The molecule has 0 radical (unpaired) electrons. The number of aromatic nitrogens is 2. The van der Waals surface area contributed by atoms with Crippen LogP contribution in [-0.2, 0) is 27.8 Å². The van der Waals surface area contributed by atoms with Gasteiger partial charge in [0.15, 0.2) is 0 Å². The first-order valence-electron chi connectivity index (χ1n) is 12.6. The second-order valence-electron chi connectivity index (χ2n) is 10.00. The lowest BCUT2D eigenvalue weighted by Gasteiger charge is -2.35. The van der Waals surface area contributed by atoms with Crippen LogP contribution in [0.2, 0.25) is 0 Å². The molecule has 3 heterocycles. The number of para-hydroxylation sites is 1. The number of hydrogen-bond acceptors (Lipinski definition) is 5. The van der Waals surface area contributed by atoms with E-state index in [2.05, 4.69) is 21.8 Å². The molecule has 2 unspecified atom stereocenters. The lowest BCUT2D eigenvalue weighted by Crippen LogP contribution is -2.41. The fourth-order valence-corrected chi connectivity index (χ4v) is 6.46. The first-order valence-corrected chi connectivity index (χ1v) is 14.4. The molecule has 1 fully saturated rings. The summed E-state index contributed by atoms with van der Waals surface area (Å²) in [4.78, 5) is 28.2. The van der Waals surface area contributed by atoms with Gasteiger partial charge in [0.05, 0.1) is 31.9 Å². The van der Waals surface area contributed by atoms with Gasteiger partial charge in [-0.15, -0.1) is 0 Å². The van der Waals surface area contributed by atoms with Crippen molar-refractivity contribution in [3.63, 3.8) is 0 Å². The van der Waals surface area contributed by atoms with E-state index >= 15 is 0 Å². The number of pyridine rings is 1. The Morgan fingerprint density at radius 1 is 1.24 bits per heavy atom. The van der Waals surface area contributed by atoms with Crippen LogP contribution < -0.4 is 15.6 Å². The van der Waals surface area contributed by atoms with Crippen molar-refractivity contribution in [2.75, 3.05) is 26.5 Å². The maximum atomic E-state index is 13.0. The van der Waals surface area contributed by atoms with Gasteiger partial charge in [-0.25, -0.2) is 12.7 Å². The van der Waals surface area contributed by atoms with E-state index in [0.29, 0.717) is 30.1 Å². The number of sulfonamides is 1. The third-order valence-electron chi connectivity index (χ3n) is 7.52. The molecule has 1 aliphatic heterocycles. The zero-order chi connectivity index (χ0) is 26.9. The Morgan fingerprint density at radius 3 is 2.68 bits per heavy atom. The van der Waals surface area contributed by atoms with Crippen LogP contribution in [0, 0.1) is 19.8 Å². The summed E-state index contributed by atoms with van der Waals surface area (Å²) >= 11 is 0. The van der Waals surface area contributed by atoms with Crippen LogP contribution in [0.5, 0.6) is 5.75 Å². The molecule has 0 saturated carbocycles. The maximum Gasteiger partial charge on any atom is 0.256 e. The second-order valence-corrected chi connectivity index (χ2v) is 12.0. The maximum absolute atomic E-state index is 13.0. The van der Waals surface area contributed by atoms with Crippen LogP contribution in [0.1, 0.15) is 48.3 Å². The number of hydrogen-bond donors (Lipinski definition) is 2. The van der Waals surface area contributed by atoms with Crippen molar-refractivity contribution in [3.05, 3.63) is 63.2 Å². The summed E-state index contributed by atoms with van der Waals surface area (Å²) in [6.45, 7) is 7.05. The third-order valence-corrected chi connectivity index (χ3v) is 8.78. The molecule has 0 spiro atoms. The average Bonchev–Trinajstić information content (AvgIpc) is 3.13. The predicted molar refractivity (Wildman–Crippen MR) is 144 cm³/mol. The number of rotatable bonds is 8. The number of ether oxygens (including phenoxy) is 1. The Balaban J connectivity index is 1.58. The van der Waals surface area contributed by atoms with Gasteiger partial charge in [-0.1, -0.05) is 18.2 Å². The SMILES string of the molecule is COc1cc(C)[nH]c(=O)c1CNC(=O)Cc1c(C)n(C(C)C2CCCN(S(C)(=O)=O)C2)c2ccccc12. The summed E-state index contributed by atoms with van der Waals surface area (Å²) in [5.41, 5.74) is 3.73. The molecule has 1 amide bonds. The van der Waals surface area contributed by atoms with Crippen LogP contribution in [0.25, 0.3) is 10.9 Å². The Morgan fingerprint density at radius 2 is 1.97 bits per heavy atom. The Hall–Kier alpha value is -3.11. The Labute approximate surface area is 217 Å². The third kappa shape index (κ3) is 5.60.